The molecule has 3 heterocycles. The molecule has 8 heteroatoms. The Morgan fingerprint density at radius 2 is 2.07 bits per heavy atom. The van der Waals surface area contributed by atoms with Crippen molar-refractivity contribution in [2.24, 2.45) is 11.7 Å². The molecule has 0 aromatic carbocycles. The number of nitrogens with zero attached hydrogens (tertiary/aromatic N) is 3. The monoisotopic (exact) mass is 401 g/mol. The van der Waals surface area contributed by atoms with Gasteiger partial charge in [0.05, 0.1) is 28.5 Å². The smallest absolute Gasteiger partial charge is 0.267 e. The molecule has 1 aliphatic heterocycles. The van der Waals surface area contributed by atoms with Crippen LogP contribution in [0.1, 0.15) is 54.0 Å². The fourth-order valence-electron chi connectivity index (χ4n) is 3.18. The predicted octanol–water partition coefficient (Wildman–Crippen LogP) is 3.10. The molecule has 2 amide bonds. The summed E-state index contributed by atoms with van der Waals surface area (Å²) in [6, 6.07) is 3.69. The van der Waals surface area contributed by atoms with E-state index in [1.54, 1.807) is 6.20 Å². The summed E-state index contributed by atoms with van der Waals surface area (Å²) in [7, 11) is 0. The molecule has 1 aliphatic rings. The van der Waals surface area contributed by atoms with Gasteiger partial charge in [-0.3, -0.25) is 9.59 Å². The van der Waals surface area contributed by atoms with E-state index in [1.807, 2.05) is 19.1 Å². The second-order valence-corrected chi connectivity index (χ2v) is 9.23. The molecule has 1 fully saturated rings. The van der Waals surface area contributed by atoms with Gasteiger partial charge < -0.3 is 16.0 Å². The first-order valence-corrected chi connectivity index (χ1v) is 10.3. The quantitative estimate of drug-likeness (QED) is 0.820. The van der Waals surface area contributed by atoms with Gasteiger partial charge >= 0.3 is 0 Å². The topological polar surface area (TPSA) is 101 Å². The maximum Gasteiger partial charge on any atom is 0.267 e. The second kappa shape index (κ2) is 7.87. The molecule has 0 bridgehead atoms. The number of amides is 2. The third kappa shape index (κ3) is 4.49. The number of piperidine rings is 1. The number of hydrogen-bond donors (Lipinski definition) is 2. The van der Waals surface area contributed by atoms with Crippen LogP contribution in [0.25, 0.3) is 0 Å². The zero-order valence-electron chi connectivity index (χ0n) is 16.8. The van der Waals surface area contributed by atoms with Gasteiger partial charge in [0.15, 0.2) is 0 Å². The number of hydrogen-bond acceptors (Lipinski definition) is 6. The van der Waals surface area contributed by atoms with Crippen molar-refractivity contribution in [1.82, 2.24) is 9.97 Å². The van der Waals surface area contributed by atoms with Crippen LogP contribution in [0.4, 0.5) is 11.5 Å². The van der Waals surface area contributed by atoms with Crippen molar-refractivity contribution in [1.29, 1.82) is 0 Å². The number of aromatic nitrogens is 2. The molecule has 3 N–H and O–H groups in total. The molecule has 1 unspecified atom stereocenters. The molecule has 1 atom stereocenters. The summed E-state index contributed by atoms with van der Waals surface area (Å²) < 4.78 is 0. The van der Waals surface area contributed by atoms with Gasteiger partial charge in [0.2, 0.25) is 5.91 Å². The number of nitrogens with two attached hydrogens (primary N) is 1. The molecule has 0 saturated carbocycles. The highest BCUT2D eigenvalue weighted by Crippen LogP contribution is 2.30. The summed E-state index contributed by atoms with van der Waals surface area (Å²) in [5, 5.41) is 3.84. The lowest BCUT2D eigenvalue weighted by Crippen LogP contribution is -2.41. The molecule has 0 radical (unpaired) electrons. The zero-order valence-corrected chi connectivity index (χ0v) is 17.6. The standard InChI is InChI=1S/C20H27N5O2S/c1-12-16(28-19(23-12)20(2,3)4)18(27)24-14-7-8-15(22-10-14)25-9-5-6-13(11-25)17(21)26/h7-8,10,13H,5-6,9,11H2,1-4H3,(H2,21,26)(H,24,27). The SMILES string of the molecule is Cc1nc(C(C)(C)C)sc1C(=O)Nc1ccc(N2CCCC(C(N)=O)C2)nc1. The van der Waals surface area contributed by atoms with Gasteiger partial charge in [-0.25, -0.2) is 9.97 Å². The fourth-order valence-corrected chi connectivity index (χ4v) is 4.20. The van der Waals surface area contributed by atoms with Crippen molar-refractivity contribution in [3.8, 4) is 0 Å². The van der Waals surface area contributed by atoms with E-state index >= 15 is 0 Å². The highest BCUT2D eigenvalue weighted by molar-refractivity contribution is 7.14. The summed E-state index contributed by atoms with van der Waals surface area (Å²) in [6.45, 7) is 9.53. The van der Waals surface area contributed by atoms with Crippen LogP contribution in [-0.4, -0.2) is 34.9 Å². The summed E-state index contributed by atoms with van der Waals surface area (Å²) in [4.78, 5) is 35.8. The van der Waals surface area contributed by atoms with Crippen molar-refractivity contribution in [2.75, 3.05) is 23.3 Å². The van der Waals surface area contributed by atoms with Crippen LogP contribution >= 0.6 is 11.3 Å². The Hall–Kier alpha value is -2.48. The van der Waals surface area contributed by atoms with Crippen LogP contribution in [0, 0.1) is 12.8 Å². The Balaban J connectivity index is 1.68. The lowest BCUT2D eigenvalue weighted by molar-refractivity contribution is -0.122. The Kier molecular flexibility index (Phi) is 5.69. The predicted molar refractivity (Wildman–Crippen MR) is 112 cm³/mol. The van der Waals surface area contributed by atoms with E-state index in [2.05, 4.69) is 41.0 Å². The van der Waals surface area contributed by atoms with Crippen molar-refractivity contribution >= 4 is 34.7 Å². The number of carbonyl (C=O) groups is 2. The summed E-state index contributed by atoms with van der Waals surface area (Å²) in [5.74, 6) is 0.212. The Morgan fingerprint density at radius 1 is 1.32 bits per heavy atom. The first kappa shape index (κ1) is 20.3. The molecular formula is C20H27N5O2S. The number of primary amides is 1. The minimum atomic E-state index is -0.261. The van der Waals surface area contributed by atoms with E-state index in [0.29, 0.717) is 17.1 Å². The van der Waals surface area contributed by atoms with Gasteiger partial charge in [-0.05, 0) is 31.9 Å². The number of thiazole rings is 1. The van der Waals surface area contributed by atoms with Crippen LogP contribution in [-0.2, 0) is 10.2 Å². The van der Waals surface area contributed by atoms with Crippen LogP contribution in [0.3, 0.4) is 0 Å². The van der Waals surface area contributed by atoms with Crippen molar-refractivity contribution in [2.45, 2.75) is 46.0 Å². The van der Waals surface area contributed by atoms with Gasteiger partial charge in [0.25, 0.3) is 5.91 Å². The van der Waals surface area contributed by atoms with Crippen LogP contribution < -0.4 is 16.0 Å². The highest BCUT2D eigenvalue weighted by atomic mass is 32.1. The number of pyridine rings is 1. The molecule has 2 aromatic heterocycles. The molecule has 0 spiro atoms. The molecule has 150 valence electrons. The van der Waals surface area contributed by atoms with Crippen LogP contribution in [0.15, 0.2) is 18.3 Å². The minimum absolute atomic E-state index is 0.0889. The third-order valence-corrected chi connectivity index (χ3v) is 6.38. The first-order valence-electron chi connectivity index (χ1n) is 9.44. The number of aryl methyl sites for hydroxylation is 1. The molecule has 0 aliphatic carbocycles. The molecule has 28 heavy (non-hydrogen) atoms. The molecule has 3 rings (SSSR count). The summed E-state index contributed by atoms with van der Waals surface area (Å²) in [5.41, 5.74) is 6.72. The van der Waals surface area contributed by atoms with E-state index in [0.717, 1.165) is 35.9 Å². The van der Waals surface area contributed by atoms with E-state index in [4.69, 9.17) is 5.73 Å². The Bertz CT molecular complexity index is 870. The number of carbonyl (C=O) groups excluding carboxylic acids is 2. The normalized spacial score (nSPS) is 17.4. The largest absolute Gasteiger partial charge is 0.369 e. The van der Waals surface area contributed by atoms with E-state index < -0.39 is 0 Å². The fraction of sp³-hybridized carbons (Fsp3) is 0.500. The Morgan fingerprint density at radius 3 is 2.64 bits per heavy atom. The number of rotatable bonds is 4. The van der Waals surface area contributed by atoms with Gasteiger partial charge in [-0.15, -0.1) is 11.3 Å². The van der Waals surface area contributed by atoms with Crippen molar-refractivity contribution in [3.05, 3.63) is 33.9 Å². The minimum Gasteiger partial charge on any atom is -0.369 e. The highest BCUT2D eigenvalue weighted by Gasteiger charge is 2.25. The van der Waals surface area contributed by atoms with Gasteiger partial charge in [0, 0.05) is 18.5 Å². The summed E-state index contributed by atoms with van der Waals surface area (Å²) >= 11 is 1.43. The molecular weight excluding hydrogens is 374 g/mol. The molecule has 7 nitrogen and oxygen atoms in total. The Labute approximate surface area is 169 Å². The maximum absolute atomic E-state index is 12.6. The van der Waals surface area contributed by atoms with Gasteiger partial charge in [0.1, 0.15) is 10.7 Å². The van der Waals surface area contributed by atoms with Crippen LogP contribution in [0.5, 0.6) is 0 Å². The third-order valence-electron chi connectivity index (χ3n) is 4.80. The van der Waals surface area contributed by atoms with Gasteiger partial charge in [-0.2, -0.15) is 0 Å². The van der Waals surface area contributed by atoms with E-state index in [-0.39, 0.29) is 23.1 Å². The maximum atomic E-state index is 12.6. The van der Waals surface area contributed by atoms with E-state index in [1.165, 1.54) is 11.3 Å². The summed E-state index contributed by atoms with van der Waals surface area (Å²) in [6.07, 6.45) is 3.38. The average molecular weight is 402 g/mol. The average Bonchev–Trinajstić information content (AvgIpc) is 3.05. The lowest BCUT2D eigenvalue weighted by atomic mass is 9.97. The van der Waals surface area contributed by atoms with Crippen molar-refractivity contribution < 1.29 is 9.59 Å². The first-order chi connectivity index (χ1) is 13.1. The number of nitrogens with one attached hydrogen (secondary N) is 1. The molecule has 2 aromatic rings. The van der Waals surface area contributed by atoms with Crippen LogP contribution in [0.2, 0.25) is 0 Å². The molecule has 1 saturated heterocycles. The van der Waals surface area contributed by atoms with Gasteiger partial charge in [-0.1, -0.05) is 20.8 Å². The second-order valence-electron chi connectivity index (χ2n) is 8.23. The number of anilines is 2. The van der Waals surface area contributed by atoms with E-state index in [9.17, 15) is 9.59 Å². The van der Waals surface area contributed by atoms with Crippen molar-refractivity contribution in [3.63, 3.8) is 0 Å². The zero-order chi connectivity index (χ0) is 20.5. The lowest BCUT2D eigenvalue weighted by Gasteiger charge is -2.32.